The number of hydrogen-bond donors (Lipinski definition) is 0. The molecule has 0 aliphatic rings. The van der Waals surface area contributed by atoms with Crippen molar-refractivity contribution < 1.29 is 9.53 Å². The fraction of sp³-hybridized carbons (Fsp3) is 0.316. The SMILES string of the molecule is CCCCOc1ccc(C(=O)Cc2cccc(C)c2)cc1. The third-order valence-electron chi connectivity index (χ3n) is 3.39. The molecule has 0 fully saturated rings. The molecule has 0 aliphatic heterocycles. The normalized spacial score (nSPS) is 10.4. The van der Waals surface area contributed by atoms with E-state index >= 15 is 0 Å². The number of aryl methyl sites for hydroxylation is 1. The Morgan fingerprint density at radius 1 is 1.10 bits per heavy atom. The van der Waals surface area contributed by atoms with Crippen LogP contribution < -0.4 is 4.74 Å². The first kappa shape index (κ1) is 15.3. The minimum atomic E-state index is 0.140. The fourth-order valence-electron chi connectivity index (χ4n) is 2.18. The number of ketones is 1. The highest BCUT2D eigenvalue weighted by Crippen LogP contribution is 2.15. The second kappa shape index (κ2) is 7.63. The molecule has 2 rings (SSSR count). The highest BCUT2D eigenvalue weighted by Gasteiger charge is 2.07. The zero-order chi connectivity index (χ0) is 15.1. The van der Waals surface area contributed by atoms with E-state index in [2.05, 4.69) is 13.0 Å². The van der Waals surface area contributed by atoms with Crippen LogP contribution in [0, 0.1) is 6.92 Å². The van der Waals surface area contributed by atoms with Gasteiger partial charge in [0.1, 0.15) is 5.75 Å². The van der Waals surface area contributed by atoms with Crippen molar-refractivity contribution in [3.63, 3.8) is 0 Å². The smallest absolute Gasteiger partial charge is 0.167 e. The topological polar surface area (TPSA) is 26.3 Å². The average Bonchev–Trinajstić information content (AvgIpc) is 2.48. The Labute approximate surface area is 126 Å². The lowest BCUT2D eigenvalue weighted by atomic mass is 10.0. The van der Waals surface area contributed by atoms with Gasteiger partial charge in [0.05, 0.1) is 6.61 Å². The lowest BCUT2D eigenvalue weighted by Gasteiger charge is -2.06. The van der Waals surface area contributed by atoms with Crippen LogP contribution in [0.5, 0.6) is 5.75 Å². The van der Waals surface area contributed by atoms with Crippen LogP contribution in [-0.4, -0.2) is 12.4 Å². The van der Waals surface area contributed by atoms with E-state index in [1.807, 2.05) is 49.4 Å². The van der Waals surface area contributed by atoms with Crippen molar-refractivity contribution in [1.82, 2.24) is 0 Å². The van der Waals surface area contributed by atoms with Gasteiger partial charge in [0.2, 0.25) is 0 Å². The first-order chi connectivity index (χ1) is 10.2. The zero-order valence-corrected chi connectivity index (χ0v) is 12.8. The lowest BCUT2D eigenvalue weighted by Crippen LogP contribution is -2.04. The van der Waals surface area contributed by atoms with E-state index in [-0.39, 0.29) is 5.78 Å². The standard InChI is InChI=1S/C19H22O2/c1-3-4-12-21-18-10-8-17(9-11-18)19(20)14-16-7-5-6-15(2)13-16/h5-11,13H,3-4,12,14H2,1-2H3. The molecule has 21 heavy (non-hydrogen) atoms. The summed E-state index contributed by atoms with van der Waals surface area (Å²) < 4.78 is 5.60. The Balaban J connectivity index is 1.96. The molecule has 0 N–H and O–H groups in total. The summed E-state index contributed by atoms with van der Waals surface area (Å²) in [5.74, 6) is 0.969. The molecule has 0 bridgehead atoms. The third kappa shape index (κ3) is 4.75. The summed E-state index contributed by atoms with van der Waals surface area (Å²) in [7, 11) is 0. The number of benzene rings is 2. The molecule has 2 heteroatoms. The molecular weight excluding hydrogens is 260 g/mol. The van der Waals surface area contributed by atoms with Crippen molar-refractivity contribution in [2.24, 2.45) is 0 Å². The molecule has 110 valence electrons. The minimum Gasteiger partial charge on any atom is -0.494 e. The van der Waals surface area contributed by atoms with Crippen LogP contribution in [-0.2, 0) is 6.42 Å². The highest BCUT2D eigenvalue weighted by atomic mass is 16.5. The molecule has 0 radical (unpaired) electrons. The number of rotatable bonds is 7. The summed E-state index contributed by atoms with van der Waals surface area (Å²) in [5.41, 5.74) is 2.97. The van der Waals surface area contributed by atoms with Crippen molar-refractivity contribution in [3.8, 4) is 5.75 Å². The van der Waals surface area contributed by atoms with Gasteiger partial charge < -0.3 is 4.74 Å². The lowest BCUT2D eigenvalue weighted by molar-refractivity contribution is 0.0993. The van der Waals surface area contributed by atoms with Crippen LogP contribution in [0.4, 0.5) is 0 Å². The van der Waals surface area contributed by atoms with Gasteiger partial charge in [-0.2, -0.15) is 0 Å². The molecule has 0 amide bonds. The highest BCUT2D eigenvalue weighted by molar-refractivity contribution is 5.97. The molecule has 2 aromatic rings. The van der Waals surface area contributed by atoms with Crippen LogP contribution >= 0.6 is 0 Å². The van der Waals surface area contributed by atoms with Crippen molar-refractivity contribution in [3.05, 3.63) is 65.2 Å². The maximum atomic E-state index is 12.3. The quantitative estimate of drug-likeness (QED) is 0.548. The molecular formula is C19H22O2. The number of ether oxygens (including phenoxy) is 1. The van der Waals surface area contributed by atoms with E-state index in [1.54, 1.807) is 0 Å². The van der Waals surface area contributed by atoms with Gasteiger partial charge in [-0.25, -0.2) is 0 Å². The van der Waals surface area contributed by atoms with E-state index in [0.29, 0.717) is 6.42 Å². The second-order valence-corrected chi connectivity index (χ2v) is 5.32. The summed E-state index contributed by atoms with van der Waals surface area (Å²) >= 11 is 0. The fourth-order valence-corrected chi connectivity index (χ4v) is 2.18. The van der Waals surface area contributed by atoms with Gasteiger partial charge in [-0.1, -0.05) is 43.2 Å². The monoisotopic (exact) mass is 282 g/mol. The average molecular weight is 282 g/mol. The Hall–Kier alpha value is -2.09. The molecule has 0 aromatic heterocycles. The molecule has 0 heterocycles. The predicted octanol–water partition coefficient (Wildman–Crippen LogP) is 4.60. The van der Waals surface area contributed by atoms with Gasteiger partial charge in [-0.15, -0.1) is 0 Å². The molecule has 0 saturated carbocycles. The molecule has 0 atom stereocenters. The van der Waals surface area contributed by atoms with E-state index in [4.69, 9.17) is 4.74 Å². The van der Waals surface area contributed by atoms with Gasteiger partial charge in [-0.05, 0) is 43.2 Å². The summed E-state index contributed by atoms with van der Waals surface area (Å²) in [6.07, 6.45) is 2.61. The van der Waals surface area contributed by atoms with Gasteiger partial charge in [-0.3, -0.25) is 4.79 Å². The molecule has 0 saturated heterocycles. The molecule has 2 nitrogen and oxygen atoms in total. The largest absolute Gasteiger partial charge is 0.494 e. The number of hydrogen-bond acceptors (Lipinski definition) is 2. The predicted molar refractivity (Wildman–Crippen MR) is 86.1 cm³/mol. The first-order valence-electron chi connectivity index (χ1n) is 7.50. The summed E-state index contributed by atoms with van der Waals surface area (Å²) in [6.45, 7) is 4.90. The molecule has 0 unspecified atom stereocenters. The Morgan fingerprint density at radius 3 is 2.52 bits per heavy atom. The van der Waals surface area contributed by atoms with Gasteiger partial charge >= 0.3 is 0 Å². The van der Waals surface area contributed by atoms with Crippen molar-refractivity contribution >= 4 is 5.78 Å². The first-order valence-corrected chi connectivity index (χ1v) is 7.50. The number of carbonyl (C=O) groups is 1. The van der Waals surface area contributed by atoms with Crippen LogP contribution in [0.25, 0.3) is 0 Å². The summed E-state index contributed by atoms with van der Waals surface area (Å²) in [5, 5.41) is 0. The summed E-state index contributed by atoms with van der Waals surface area (Å²) in [4.78, 5) is 12.3. The molecule has 0 spiro atoms. The van der Waals surface area contributed by atoms with E-state index < -0.39 is 0 Å². The van der Waals surface area contributed by atoms with Crippen LogP contribution in [0.1, 0.15) is 41.3 Å². The Morgan fingerprint density at radius 2 is 1.86 bits per heavy atom. The Kier molecular flexibility index (Phi) is 5.56. The Bertz CT molecular complexity index is 585. The van der Waals surface area contributed by atoms with Crippen molar-refractivity contribution in [2.75, 3.05) is 6.61 Å². The maximum Gasteiger partial charge on any atom is 0.167 e. The number of Topliss-reactive ketones (excluding diaryl/α,β-unsaturated/α-hetero) is 1. The van der Waals surface area contributed by atoms with Crippen molar-refractivity contribution in [2.45, 2.75) is 33.1 Å². The molecule has 2 aromatic carbocycles. The van der Waals surface area contributed by atoms with E-state index in [0.717, 1.165) is 36.3 Å². The van der Waals surface area contributed by atoms with E-state index in [9.17, 15) is 4.79 Å². The number of unbranched alkanes of at least 4 members (excludes halogenated alkanes) is 1. The van der Waals surface area contributed by atoms with Gasteiger partial charge in [0.25, 0.3) is 0 Å². The van der Waals surface area contributed by atoms with Crippen LogP contribution in [0.15, 0.2) is 48.5 Å². The van der Waals surface area contributed by atoms with E-state index in [1.165, 1.54) is 5.56 Å². The number of carbonyl (C=O) groups excluding carboxylic acids is 1. The van der Waals surface area contributed by atoms with Crippen molar-refractivity contribution in [1.29, 1.82) is 0 Å². The van der Waals surface area contributed by atoms with Crippen LogP contribution in [0.3, 0.4) is 0 Å². The second-order valence-electron chi connectivity index (χ2n) is 5.32. The maximum absolute atomic E-state index is 12.3. The minimum absolute atomic E-state index is 0.140. The van der Waals surface area contributed by atoms with Crippen LogP contribution in [0.2, 0.25) is 0 Å². The van der Waals surface area contributed by atoms with Gasteiger partial charge in [0, 0.05) is 12.0 Å². The zero-order valence-electron chi connectivity index (χ0n) is 12.8. The summed E-state index contributed by atoms with van der Waals surface area (Å²) in [6, 6.07) is 15.5. The van der Waals surface area contributed by atoms with Gasteiger partial charge in [0.15, 0.2) is 5.78 Å². The molecule has 0 aliphatic carbocycles. The third-order valence-corrected chi connectivity index (χ3v) is 3.39.